The van der Waals surface area contributed by atoms with Crippen LogP contribution in [-0.2, 0) is 20.9 Å². The molecule has 94 valence electrons. The van der Waals surface area contributed by atoms with E-state index in [0.29, 0.717) is 12.2 Å². The Balaban J connectivity index is 2.79. The molecule has 1 unspecified atom stereocenters. The lowest BCUT2D eigenvalue weighted by Crippen LogP contribution is -2.14. The predicted molar refractivity (Wildman–Crippen MR) is 66.4 cm³/mol. The van der Waals surface area contributed by atoms with Gasteiger partial charge in [-0.15, -0.1) is 0 Å². The maximum absolute atomic E-state index is 11.5. The van der Waals surface area contributed by atoms with Crippen molar-refractivity contribution in [3.8, 4) is 6.07 Å². The van der Waals surface area contributed by atoms with Crippen LogP contribution in [0, 0.1) is 11.3 Å². The summed E-state index contributed by atoms with van der Waals surface area (Å²) in [5, 5.41) is 9.00. The molecule has 0 radical (unpaired) electrons. The summed E-state index contributed by atoms with van der Waals surface area (Å²) in [5.74, 6) is -1.39. The molecule has 0 aromatic heterocycles. The molecule has 0 bridgehead atoms. The van der Waals surface area contributed by atoms with E-state index in [1.165, 1.54) is 6.26 Å². The largest absolute Gasteiger partial charge is 0.497 e. The molecule has 1 rings (SSSR count). The monoisotopic (exact) mass is 245 g/mol. The fourth-order valence-electron chi connectivity index (χ4n) is 1.45. The molecule has 1 aromatic carbocycles. The van der Waals surface area contributed by atoms with Gasteiger partial charge in [0.1, 0.15) is 6.61 Å². The van der Waals surface area contributed by atoms with Gasteiger partial charge < -0.3 is 9.47 Å². The first kappa shape index (κ1) is 13.8. The Kier molecular flexibility index (Phi) is 5.46. The van der Waals surface area contributed by atoms with Gasteiger partial charge >= 0.3 is 5.97 Å². The van der Waals surface area contributed by atoms with E-state index in [9.17, 15) is 4.79 Å². The maximum atomic E-state index is 11.5. The van der Waals surface area contributed by atoms with Gasteiger partial charge in [-0.05, 0) is 18.1 Å². The van der Waals surface area contributed by atoms with Gasteiger partial charge in [-0.1, -0.05) is 30.8 Å². The molecule has 0 saturated heterocycles. The number of benzene rings is 1. The first-order chi connectivity index (χ1) is 8.72. The summed E-state index contributed by atoms with van der Waals surface area (Å²) < 4.78 is 9.88. The normalized spacial score (nSPS) is 11.1. The van der Waals surface area contributed by atoms with Gasteiger partial charge in [-0.2, -0.15) is 5.26 Å². The summed E-state index contributed by atoms with van der Waals surface area (Å²) in [5.41, 5.74) is 1.57. The highest BCUT2D eigenvalue weighted by atomic mass is 16.5. The third kappa shape index (κ3) is 3.63. The standard InChI is InChI=1S/C14H15NO3/c1-3-17-10-11-5-7-12(8-6-11)13(9-15)14(16)18-4-2/h3,5-8,13H,1,4,10H2,2H3. The lowest BCUT2D eigenvalue weighted by molar-refractivity contribution is -0.143. The quantitative estimate of drug-likeness (QED) is 0.570. The third-order valence-electron chi connectivity index (χ3n) is 2.33. The highest BCUT2D eigenvalue weighted by Crippen LogP contribution is 2.18. The van der Waals surface area contributed by atoms with Crippen molar-refractivity contribution in [2.45, 2.75) is 19.4 Å². The molecule has 0 N–H and O–H groups in total. The average Bonchev–Trinajstić information content (AvgIpc) is 2.39. The second-order valence-electron chi connectivity index (χ2n) is 3.53. The van der Waals surface area contributed by atoms with E-state index in [4.69, 9.17) is 14.7 Å². The summed E-state index contributed by atoms with van der Waals surface area (Å²) in [6.07, 6.45) is 1.37. The minimum absolute atomic E-state index is 0.266. The molecular formula is C14H15NO3. The Morgan fingerprint density at radius 2 is 2.17 bits per heavy atom. The highest BCUT2D eigenvalue weighted by molar-refractivity contribution is 5.81. The van der Waals surface area contributed by atoms with Crippen LogP contribution in [0.5, 0.6) is 0 Å². The number of esters is 1. The van der Waals surface area contributed by atoms with Crippen molar-refractivity contribution in [3.05, 3.63) is 48.2 Å². The Bertz CT molecular complexity index is 445. The van der Waals surface area contributed by atoms with Gasteiger partial charge in [-0.25, -0.2) is 0 Å². The topological polar surface area (TPSA) is 59.3 Å². The van der Waals surface area contributed by atoms with Crippen LogP contribution in [0.1, 0.15) is 24.0 Å². The van der Waals surface area contributed by atoms with Crippen LogP contribution < -0.4 is 0 Å². The van der Waals surface area contributed by atoms with Crippen molar-refractivity contribution in [1.29, 1.82) is 5.26 Å². The van der Waals surface area contributed by atoms with E-state index in [1.807, 2.05) is 18.2 Å². The van der Waals surface area contributed by atoms with Gasteiger partial charge in [-0.3, -0.25) is 4.79 Å². The summed E-state index contributed by atoms with van der Waals surface area (Å²) in [4.78, 5) is 11.5. The molecule has 4 heteroatoms. The lowest BCUT2D eigenvalue weighted by Gasteiger charge is -2.09. The van der Waals surface area contributed by atoms with Crippen LogP contribution in [0.15, 0.2) is 37.1 Å². The number of nitriles is 1. The fourth-order valence-corrected chi connectivity index (χ4v) is 1.45. The number of nitrogens with zero attached hydrogens (tertiary/aromatic N) is 1. The fraction of sp³-hybridized carbons (Fsp3) is 0.286. The Morgan fingerprint density at radius 3 is 2.67 bits per heavy atom. The van der Waals surface area contributed by atoms with Gasteiger partial charge in [0.2, 0.25) is 0 Å². The average molecular weight is 245 g/mol. The second kappa shape index (κ2) is 7.13. The smallest absolute Gasteiger partial charge is 0.327 e. The van der Waals surface area contributed by atoms with E-state index < -0.39 is 11.9 Å². The molecule has 1 aromatic rings. The SMILES string of the molecule is C=COCc1ccc(C(C#N)C(=O)OCC)cc1. The van der Waals surface area contributed by atoms with E-state index >= 15 is 0 Å². The van der Waals surface area contributed by atoms with Crippen molar-refractivity contribution in [1.82, 2.24) is 0 Å². The summed E-state index contributed by atoms with van der Waals surface area (Å²) in [6.45, 7) is 5.85. The predicted octanol–water partition coefficient (Wildman–Crippen LogP) is 2.52. The Labute approximate surface area is 106 Å². The van der Waals surface area contributed by atoms with Crippen LogP contribution in [0.25, 0.3) is 0 Å². The summed E-state index contributed by atoms with van der Waals surface area (Å²) in [6, 6.07) is 9.02. The minimum Gasteiger partial charge on any atom is -0.497 e. The molecule has 1 atom stereocenters. The molecule has 18 heavy (non-hydrogen) atoms. The molecule has 0 saturated carbocycles. The first-order valence-electron chi connectivity index (χ1n) is 5.60. The van der Waals surface area contributed by atoms with E-state index in [2.05, 4.69) is 6.58 Å². The van der Waals surface area contributed by atoms with Gasteiger partial charge in [0, 0.05) is 0 Å². The van der Waals surface area contributed by atoms with Gasteiger partial charge in [0.25, 0.3) is 0 Å². The van der Waals surface area contributed by atoms with Crippen molar-refractivity contribution in [2.75, 3.05) is 6.61 Å². The molecule has 0 spiro atoms. The van der Waals surface area contributed by atoms with Gasteiger partial charge in [0.15, 0.2) is 5.92 Å². The third-order valence-corrected chi connectivity index (χ3v) is 2.33. The first-order valence-corrected chi connectivity index (χ1v) is 5.60. The summed E-state index contributed by atoms with van der Waals surface area (Å²) in [7, 11) is 0. The van der Waals surface area contributed by atoms with Crippen molar-refractivity contribution < 1.29 is 14.3 Å². The van der Waals surface area contributed by atoms with Crippen molar-refractivity contribution in [2.24, 2.45) is 0 Å². The molecule has 0 amide bonds. The zero-order valence-corrected chi connectivity index (χ0v) is 10.3. The Hall–Kier alpha value is -2.28. The molecule has 4 nitrogen and oxygen atoms in total. The van der Waals surface area contributed by atoms with Crippen LogP contribution in [0.2, 0.25) is 0 Å². The second-order valence-corrected chi connectivity index (χ2v) is 3.53. The van der Waals surface area contributed by atoms with Crippen LogP contribution >= 0.6 is 0 Å². The zero-order valence-electron chi connectivity index (χ0n) is 10.3. The number of hydrogen-bond donors (Lipinski definition) is 0. The molecule has 0 fully saturated rings. The van der Waals surface area contributed by atoms with E-state index in [-0.39, 0.29) is 6.61 Å². The maximum Gasteiger partial charge on any atom is 0.327 e. The molecule has 0 aliphatic heterocycles. The van der Waals surface area contributed by atoms with E-state index in [0.717, 1.165) is 5.56 Å². The van der Waals surface area contributed by atoms with Crippen LogP contribution in [0.4, 0.5) is 0 Å². The van der Waals surface area contributed by atoms with Crippen molar-refractivity contribution in [3.63, 3.8) is 0 Å². The van der Waals surface area contributed by atoms with Gasteiger partial charge in [0.05, 0.1) is 18.9 Å². The summed E-state index contributed by atoms with van der Waals surface area (Å²) >= 11 is 0. The molecule has 0 aliphatic rings. The van der Waals surface area contributed by atoms with Crippen LogP contribution in [0.3, 0.4) is 0 Å². The highest BCUT2D eigenvalue weighted by Gasteiger charge is 2.21. The van der Waals surface area contributed by atoms with E-state index in [1.54, 1.807) is 19.1 Å². The zero-order chi connectivity index (χ0) is 13.4. The van der Waals surface area contributed by atoms with Crippen molar-refractivity contribution >= 4 is 5.97 Å². The van der Waals surface area contributed by atoms with Crippen LogP contribution in [-0.4, -0.2) is 12.6 Å². The number of carbonyl (C=O) groups excluding carboxylic acids is 1. The molecule has 0 aliphatic carbocycles. The molecule has 0 heterocycles. The molecular weight excluding hydrogens is 230 g/mol. The number of ether oxygens (including phenoxy) is 2. The number of rotatable bonds is 6. The minimum atomic E-state index is -0.876. The number of carbonyl (C=O) groups is 1. The number of hydrogen-bond acceptors (Lipinski definition) is 4. The Morgan fingerprint density at radius 1 is 1.50 bits per heavy atom. The lowest BCUT2D eigenvalue weighted by atomic mass is 9.99.